The summed E-state index contributed by atoms with van der Waals surface area (Å²) in [5.74, 6) is -0.381. The summed E-state index contributed by atoms with van der Waals surface area (Å²) in [6, 6.07) is 4.52. The maximum Gasteiger partial charge on any atom is 0.238 e. The molecule has 1 aromatic rings. The van der Waals surface area contributed by atoms with Crippen LogP contribution in [0.4, 0.5) is 5.69 Å². The molecule has 6 nitrogen and oxygen atoms in total. The highest BCUT2D eigenvalue weighted by Crippen LogP contribution is 2.26. The number of benzene rings is 1. The van der Waals surface area contributed by atoms with E-state index in [2.05, 4.69) is 5.32 Å². The summed E-state index contributed by atoms with van der Waals surface area (Å²) < 4.78 is 22.9. The van der Waals surface area contributed by atoms with Crippen molar-refractivity contribution in [3.8, 4) is 0 Å². The summed E-state index contributed by atoms with van der Waals surface area (Å²) >= 11 is 0. The Morgan fingerprint density at radius 1 is 1.35 bits per heavy atom. The molecule has 2 unspecified atom stereocenters. The van der Waals surface area contributed by atoms with E-state index in [0.717, 1.165) is 19.3 Å². The van der Waals surface area contributed by atoms with Crippen LogP contribution in [-0.4, -0.2) is 20.4 Å². The molecule has 1 aliphatic carbocycles. The smallest absolute Gasteiger partial charge is 0.238 e. The van der Waals surface area contributed by atoms with E-state index in [-0.39, 0.29) is 22.8 Å². The van der Waals surface area contributed by atoms with E-state index in [4.69, 9.17) is 10.9 Å². The van der Waals surface area contributed by atoms with Crippen LogP contribution < -0.4 is 16.2 Å². The number of anilines is 1. The topological polar surface area (TPSA) is 115 Å². The SMILES string of the molecule is Cc1ccc(NC(=O)C2CCCC2N)cc1S(N)(=O)=O. The highest BCUT2D eigenvalue weighted by atomic mass is 32.2. The van der Waals surface area contributed by atoms with Gasteiger partial charge in [-0.3, -0.25) is 4.79 Å². The van der Waals surface area contributed by atoms with Crippen LogP contribution in [-0.2, 0) is 14.8 Å². The number of hydrogen-bond donors (Lipinski definition) is 3. The van der Waals surface area contributed by atoms with Gasteiger partial charge in [0.15, 0.2) is 0 Å². The summed E-state index contributed by atoms with van der Waals surface area (Å²) in [6.45, 7) is 1.65. The zero-order valence-corrected chi connectivity index (χ0v) is 12.1. The Bertz CT molecular complexity index is 628. The maximum atomic E-state index is 12.1. The lowest BCUT2D eigenvalue weighted by molar-refractivity contribution is -0.120. The second-order valence-corrected chi connectivity index (χ2v) is 6.75. The minimum atomic E-state index is -3.80. The molecule has 0 saturated heterocycles. The van der Waals surface area contributed by atoms with Crippen molar-refractivity contribution in [3.05, 3.63) is 23.8 Å². The second kappa shape index (κ2) is 5.51. The van der Waals surface area contributed by atoms with Gasteiger partial charge in [-0.05, 0) is 37.5 Å². The summed E-state index contributed by atoms with van der Waals surface area (Å²) in [5, 5.41) is 7.86. The summed E-state index contributed by atoms with van der Waals surface area (Å²) in [7, 11) is -3.80. The molecule has 0 bridgehead atoms. The average Bonchev–Trinajstić information content (AvgIpc) is 2.76. The third-order valence-electron chi connectivity index (χ3n) is 3.67. The highest BCUT2D eigenvalue weighted by Gasteiger charge is 2.30. The van der Waals surface area contributed by atoms with Gasteiger partial charge < -0.3 is 11.1 Å². The number of hydrogen-bond acceptors (Lipinski definition) is 4. The van der Waals surface area contributed by atoms with Crippen molar-refractivity contribution in [2.24, 2.45) is 16.8 Å². The predicted octanol–water partition coefficient (Wildman–Crippen LogP) is 0.708. The molecule has 2 atom stereocenters. The number of nitrogens with one attached hydrogen (secondary N) is 1. The fourth-order valence-corrected chi connectivity index (χ4v) is 3.34. The minimum Gasteiger partial charge on any atom is -0.327 e. The Balaban J connectivity index is 2.20. The zero-order valence-electron chi connectivity index (χ0n) is 11.3. The molecular formula is C13H19N3O3S. The van der Waals surface area contributed by atoms with Crippen LogP contribution in [0.2, 0.25) is 0 Å². The second-order valence-electron chi connectivity index (χ2n) is 5.22. The molecule has 1 aromatic carbocycles. The van der Waals surface area contributed by atoms with E-state index in [1.807, 2.05) is 0 Å². The van der Waals surface area contributed by atoms with Gasteiger partial charge in [-0.1, -0.05) is 12.5 Å². The first-order valence-corrected chi connectivity index (χ1v) is 8.03. The van der Waals surface area contributed by atoms with E-state index in [0.29, 0.717) is 11.3 Å². The van der Waals surface area contributed by atoms with Crippen molar-refractivity contribution >= 4 is 21.6 Å². The molecule has 7 heteroatoms. The lowest BCUT2D eigenvalue weighted by atomic mass is 10.0. The number of aryl methyl sites for hydroxylation is 1. The molecule has 0 radical (unpaired) electrons. The number of rotatable bonds is 3. The molecule has 20 heavy (non-hydrogen) atoms. The van der Waals surface area contributed by atoms with Crippen LogP contribution >= 0.6 is 0 Å². The van der Waals surface area contributed by atoms with Crippen LogP contribution in [0.25, 0.3) is 0 Å². The minimum absolute atomic E-state index is 0.0195. The third-order valence-corrected chi connectivity index (χ3v) is 4.72. The molecule has 110 valence electrons. The standard InChI is InChI=1S/C13H19N3O3S/c1-8-5-6-9(7-12(8)20(15,18)19)16-13(17)10-3-2-4-11(10)14/h5-7,10-11H,2-4,14H2,1H3,(H,16,17)(H2,15,18,19). The van der Waals surface area contributed by atoms with Gasteiger partial charge in [0.1, 0.15) is 0 Å². The number of amides is 1. The van der Waals surface area contributed by atoms with Crippen molar-refractivity contribution in [1.82, 2.24) is 0 Å². The van der Waals surface area contributed by atoms with Crippen LogP contribution in [0.3, 0.4) is 0 Å². The Morgan fingerprint density at radius 3 is 2.60 bits per heavy atom. The molecule has 1 fully saturated rings. The maximum absolute atomic E-state index is 12.1. The molecule has 0 heterocycles. The van der Waals surface area contributed by atoms with Crippen LogP contribution in [0.5, 0.6) is 0 Å². The van der Waals surface area contributed by atoms with Crippen LogP contribution in [0, 0.1) is 12.8 Å². The molecule has 5 N–H and O–H groups in total. The number of carbonyl (C=O) groups is 1. The molecule has 1 amide bonds. The molecular weight excluding hydrogens is 278 g/mol. The summed E-state index contributed by atoms with van der Waals surface area (Å²) in [6.07, 6.45) is 2.55. The monoisotopic (exact) mass is 297 g/mol. The first-order chi connectivity index (χ1) is 9.29. The van der Waals surface area contributed by atoms with Gasteiger partial charge in [0, 0.05) is 11.7 Å². The van der Waals surface area contributed by atoms with Gasteiger partial charge in [-0.15, -0.1) is 0 Å². The van der Waals surface area contributed by atoms with Gasteiger partial charge in [0.05, 0.1) is 10.8 Å². The Labute approximate surface area is 118 Å². The van der Waals surface area contributed by atoms with Crippen molar-refractivity contribution < 1.29 is 13.2 Å². The van der Waals surface area contributed by atoms with Gasteiger partial charge in [0.2, 0.25) is 15.9 Å². The third kappa shape index (κ3) is 3.17. The molecule has 0 spiro atoms. The quantitative estimate of drug-likeness (QED) is 0.762. The van der Waals surface area contributed by atoms with Gasteiger partial charge >= 0.3 is 0 Å². The number of sulfonamides is 1. The Kier molecular flexibility index (Phi) is 4.12. The fourth-order valence-electron chi connectivity index (χ4n) is 2.53. The molecule has 1 saturated carbocycles. The molecule has 2 rings (SSSR count). The lowest BCUT2D eigenvalue weighted by Crippen LogP contribution is -2.34. The molecule has 0 aromatic heterocycles. The number of carbonyl (C=O) groups excluding carboxylic acids is 1. The summed E-state index contributed by atoms with van der Waals surface area (Å²) in [4.78, 5) is 12.1. The van der Waals surface area contributed by atoms with E-state index in [1.54, 1.807) is 19.1 Å². The van der Waals surface area contributed by atoms with Gasteiger partial charge in [0.25, 0.3) is 0 Å². The van der Waals surface area contributed by atoms with E-state index in [9.17, 15) is 13.2 Å². The van der Waals surface area contributed by atoms with Crippen LogP contribution in [0.15, 0.2) is 23.1 Å². The normalized spacial score (nSPS) is 22.8. The molecule has 1 aliphatic rings. The first kappa shape index (κ1) is 15.0. The van der Waals surface area contributed by atoms with Crippen molar-refractivity contribution in [1.29, 1.82) is 0 Å². The first-order valence-electron chi connectivity index (χ1n) is 6.49. The van der Waals surface area contributed by atoms with Crippen LogP contribution in [0.1, 0.15) is 24.8 Å². The zero-order chi connectivity index (χ0) is 14.9. The predicted molar refractivity (Wildman–Crippen MR) is 76.5 cm³/mol. The summed E-state index contributed by atoms with van der Waals surface area (Å²) in [5.41, 5.74) is 6.84. The van der Waals surface area contributed by atoms with E-state index >= 15 is 0 Å². The number of primary sulfonamides is 1. The Hall–Kier alpha value is -1.44. The fraction of sp³-hybridized carbons (Fsp3) is 0.462. The Morgan fingerprint density at radius 2 is 2.05 bits per heavy atom. The number of nitrogens with two attached hydrogens (primary N) is 2. The average molecular weight is 297 g/mol. The highest BCUT2D eigenvalue weighted by molar-refractivity contribution is 7.89. The van der Waals surface area contributed by atoms with E-state index in [1.165, 1.54) is 6.07 Å². The largest absolute Gasteiger partial charge is 0.327 e. The van der Waals surface area contributed by atoms with Crippen molar-refractivity contribution in [2.45, 2.75) is 37.1 Å². The van der Waals surface area contributed by atoms with Crippen molar-refractivity contribution in [2.75, 3.05) is 5.32 Å². The van der Waals surface area contributed by atoms with Gasteiger partial charge in [-0.25, -0.2) is 13.6 Å². The van der Waals surface area contributed by atoms with E-state index < -0.39 is 10.0 Å². The lowest BCUT2D eigenvalue weighted by Gasteiger charge is -2.16. The molecule has 0 aliphatic heterocycles. The van der Waals surface area contributed by atoms with Gasteiger partial charge in [-0.2, -0.15) is 0 Å². The van der Waals surface area contributed by atoms with Crippen molar-refractivity contribution in [3.63, 3.8) is 0 Å².